The molecule has 2 nitrogen and oxygen atoms in total. The van der Waals surface area contributed by atoms with E-state index in [2.05, 4.69) is 0 Å². The molecule has 17 heavy (non-hydrogen) atoms. The highest BCUT2D eigenvalue weighted by molar-refractivity contribution is 6.32. The van der Waals surface area contributed by atoms with Gasteiger partial charge in [-0.15, -0.1) is 0 Å². The lowest BCUT2D eigenvalue weighted by Gasteiger charge is -2.13. The van der Waals surface area contributed by atoms with E-state index < -0.39 is 0 Å². The lowest BCUT2D eigenvalue weighted by atomic mass is 9.93. The molecule has 0 radical (unpaired) electrons. The smallest absolute Gasteiger partial charge is 0.169 e. The Bertz CT molecular complexity index is 462. The molecule has 0 atom stereocenters. The summed E-state index contributed by atoms with van der Waals surface area (Å²) in [6.07, 6.45) is 1.96. The molecule has 1 saturated carbocycles. The summed E-state index contributed by atoms with van der Waals surface area (Å²) in [5.74, 6) is 0.865. The average Bonchev–Trinajstić information content (AvgIpc) is 3.02. The number of carbonyl (C=O) groups is 1. The van der Waals surface area contributed by atoms with Crippen molar-refractivity contribution in [3.05, 3.63) is 28.3 Å². The van der Waals surface area contributed by atoms with Crippen LogP contribution in [0.2, 0.25) is 5.02 Å². The second-order valence-electron chi connectivity index (χ2n) is 4.92. The second-order valence-corrected chi connectivity index (χ2v) is 5.33. The minimum Gasteiger partial charge on any atom is -0.492 e. The number of ether oxygens (including phenoxy) is 1. The first kappa shape index (κ1) is 12.4. The summed E-state index contributed by atoms with van der Waals surface area (Å²) in [7, 11) is 0. The molecule has 1 aliphatic carbocycles. The summed E-state index contributed by atoms with van der Waals surface area (Å²) in [5.41, 5.74) is 1.52. The highest BCUT2D eigenvalue weighted by Gasteiger charge is 2.45. The lowest BCUT2D eigenvalue weighted by Crippen LogP contribution is -2.13. The molecule has 1 aromatic rings. The maximum absolute atomic E-state index is 12.3. The van der Waals surface area contributed by atoms with Crippen LogP contribution in [-0.4, -0.2) is 12.4 Å². The van der Waals surface area contributed by atoms with E-state index in [1.165, 1.54) is 0 Å². The van der Waals surface area contributed by atoms with Gasteiger partial charge in [-0.2, -0.15) is 0 Å². The minimum atomic E-state index is -0.152. The van der Waals surface area contributed by atoms with Gasteiger partial charge in [-0.05, 0) is 44.4 Å². The Labute approximate surface area is 107 Å². The summed E-state index contributed by atoms with van der Waals surface area (Å²) >= 11 is 6.12. The van der Waals surface area contributed by atoms with Crippen molar-refractivity contribution in [3.63, 3.8) is 0 Å². The van der Waals surface area contributed by atoms with E-state index in [0.29, 0.717) is 17.4 Å². The van der Waals surface area contributed by atoms with Crippen LogP contribution in [0.1, 0.15) is 42.6 Å². The minimum absolute atomic E-state index is 0.152. The SMILES string of the molecule is CCOc1cc(C)c(C(=O)C2(C)CC2)cc1Cl. The van der Waals surface area contributed by atoms with Gasteiger partial charge in [-0.1, -0.05) is 18.5 Å². The van der Waals surface area contributed by atoms with Crippen LogP contribution in [0.5, 0.6) is 5.75 Å². The molecule has 0 amide bonds. The molecule has 0 aromatic heterocycles. The van der Waals surface area contributed by atoms with Crippen molar-refractivity contribution in [1.82, 2.24) is 0 Å². The van der Waals surface area contributed by atoms with E-state index >= 15 is 0 Å². The van der Waals surface area contributed by atoms with Crippen molar-refractivity contribution in [2.75, 3.05) is 6.61 Å². The Morgan fingerprint density at radius 3 is 2.65 bits per heavy atom. The molecule has 0 N–H and O–H groups in total. The van der Waals surface area contributed by atoms with E-state index in [-0.39, 0.29) is 11.2 Å². The molecule has 1 fully saturated rings. The zero-order valence-electron chi connectivity index (χ0n) is 10.5. The number of Topliss-reactive ketones (excluding diaryl/α,β-unsaturated/α-hetero) is 1. The van der Waals surface area contributed by atoms with E-state index in [0.717, 1.165) is 24.0 Å². The van der Waals surface area contributed by atoms with E-state index in [9.17, 15) is 4.79 Å². The molecule has 0 bridgehead atoms. The Hall–Kier alpha value is -1.02. The monoisotopic (exact) mass is 252 g/mol. The van der Waals surface area contributed by atoms with Gasteiger partial charge in [0.25, 0.3) is 0 Å². The van der Waals surface area contributed by atoms with Crippen LogP contribution in [-0.2, 0) is 0 Å². The highest BCUT2D eigenvalue weighted by Crippen LogP contribution is 2.48. The fourth-order valence-electron chi connectivity index (χ4n) is 1.91. The molecular weight excluding hydrogens is 236 g/mol. The number of ketones is 1. The number of benzene rings is 1. The predicted octanol–water partition coefficient (Wildman–Crippen LogP) is 4.03. The van der Waals surface area contributed by atoms with Crippen LogP contribution in [0.4, 0.5) is 0 Å². The van der Waals surface area contributed by atoms with Gasteiger partial charge < -0.3 is 4.74 Å². The molecule has 1 aromatic carbocycles. The largest absolute Gasteiger partial charge is 0.492 e. The van der Waals surface area contributed by atoms with Gasteiger partial charge in [-0.25, -0.2) is 0 Å². The van der Waals surface area contributed by atoms with Gasteiger partial charge in [-0.3, -0.25) is 4.79 Å². The van der Waals surface area contributed by atoms with Crippen LogP contribution in [0.3, 0.4) is 0 Å². The Morgan fingerprint density at radius 1 is 1.47 bits per heavy atom. The molecule has 0 unspecified atom stereocenters. The zero-order valence-corrected chi connectivity index (χ0v) is 11.2. The van der Waals surface area contributed by atoms with Gasteiger partial charge in [0.2, 0.25) is 0 Å². The number of carbonyl (C=O) groups excluding carboxylic acids is 1. The van der Waals surface area contributed by atoms with E-state index in [1.54, 1.807) is 6.07 Å². The van der Waals surface area contributed by atoms with Crippen LogP contribution in [0.15, 0.2) is 12.1 Å². The third kappa shape index (κ3) is 2.32. The quantitative estimate of drug-likeness (QED) is 0.757. The molecule has 1 aliphatic rings. The van der Waals surface area contributed by atoms with Crippen LogP contribution >= 0.6 is 11.6 Å². The van der Waals surface area contributed by atoms with Gasteiger partial charge in [0, 0.05) is 11.0 Å². The summed E-state index contributed by atoms with van der Waals surface area (Å²) < 4.78 is 5.41. The predicted molar refractivity (Wildman–Crippen MR) is 69.0 cm³/mol. The van der Waals surface area contributed by atoms with Gasteiger partial charge in [0.15, 0.2) is 5.78 Å². The first-order valence-corrected chi connectivity index (χ1v) is 6.33. The first-order chi connectivity index (χ1) is 7.98. The van der Waals surface area contributed by atoms with Crippen molar-refractivity contribution >= 4 is 17.4 Å². The van der Waals surface area contributed by atoms with Gasteiger partial charge >= 0.3 is 0 Å². The topological polar surface area (TPSA) is 26.3 Å². The molecule has 0 saturated heterocycles. The maximum atomic E-state index is 12.3. The number of hydrogen-bond acceptors (Lipinski definition) is 2. The van der Waals surface area contributed by atoms with Crippen LogP contribution in [0, 0.1) is 12.3 Å². The Morgan fingerprint density at radius 2 is 2.12 bits per heavy atom. The summed E-state index contributed by atoms with van der Waals surface area (Å²) in [6.45, 7) is 6.43. The van der Waals surface area contributed by atoms with E-state index in [1.807, 2.05) is 26.8 Å². The Balaban J connectivity index is 2.36. The maximum Gasteiger partial charge on any atom is 0.169 e. The van der Waals surface area contributed by atoms with E-state index in [4.69, 9.17) is 16.3 Å². The number of halogens is 1. The summed E-state index contributed by atoms with van der Waals surface area (Å²) in [5, 5.41) is 0.519. The number of aryl methyl sites for hydroxylation is 1. The second kappa shape index (κ2) is 4.34. The molecule has 0 heterocycles. The highest BCUT2D eigenvalue weighted by atomic mass is 35.5. The molecule has 0 aliphatic heterocycles. The van der Waals surface area contributed by atoms with Gasteiger partial charge in [0.1, 0.15) is 5.75 Å². The Kier molecular flexibility index (Phi) is 3.17. The fourth-order valence-corrected chi connectivity index (χ4v) is 2.12. The number of hydrogen-bond donors (Lipinski definition) is 0. The number of rotatable bonds is 4. The average molecular weight is 253 g/mol. The van der Waals surface area contributed by atoms with Crippen LogP contribution < -0.4 is 4.74 Å². The van der Waals surface area contributed by atoms with Crippen molar-refractivity contribution in [3.8, 4) is 5.75 Å². The molecule has 92 valence electrons. The summed E-state index contributed by atoms with van der Waals surface area (Å²) in [4.78, 5) is 12.3. The molecule has 2 rings (SSSR count). The van der Waals surface area contributed by atoms with Crippen molar-refractivity contribution in [1.29, 1.82) is 0 Å². The molecule has 3 heteroatoms. The van der Waals surface area contributed by atoms with Crippen LogP contribution in [0.25, 0.3) is 0 Å². The normalized spacial score (nSPS) is 16.7. The standard InChI is InChI=1S/C14H17ClO2/c1-4-17-12-7-9(2)10(8-11(12)15)13(16)14(3)5-6-14/h7-8H,4-6H2,1-3H3. The van der Waals surface area contributed by atoms with Crippen molar-refractivity contribution < 1.29 is 9.53 Å². The lowest BCUT2D eigenvalue weighted by molar-refractivity contribution is 0.0912. The van der Waals surface area contributed by atoms with Gasteiger partial charge in [0.05, 0.1) is 11.6 Å². The zero-order chi connectivity index (χ0) is 12.6. The third-order valence-electron chi connectivity index (χ3n) is 3.37. The fraction of sp³-hybridized carbons (Fsp3) is 0.500. The first-order valence-electron chi connectivity index (χ1n) is 5.95. The third-order valence-corrected chi connectivity index (χ3v) is 3.67. The van der Waals surface area contributed by atoms with Crippen molar-refractivity contribution in [2.45, 2.75) is 33.6 Å². The molecular formula is C14H17ClO2. The summed E-state index contributed by atoms with van der Waals surface area (Å²) in [6, 6.07) is 3.60. The van der Waals surface area contributed by atoms with Crippen molar-refractivity contribution in [2.24, 2.45) is 5.41 Å². The molecule has 0 spiro atoms.